The lowest BCUT2D eigenvalue weighted by atomic mass is 10.1. The highest BCUT2D eigenvalue weighted by atomic mass is 35.5. The maximum atomic E-state index is 13.5. The van der Waals surface area contributed by atoms with Crippen LogP contribution in [0.5, 0.6) is 0 Å². The number of hydrogen-bond donors (Lipinski definition) is 0. The van der Waals surface area contributed by atoms with Gasteiger partial charge in [0.05, 0.1) is 18.8 Å². The Hall–Kier alpha value is -2.91. The van der Waals surface area contributed by atoms with Crippen LogP contribution in [0.15, 0.2) is 35.3 Å². The Bertz CT molecular complexity index is 1050. The van der Waals surface area contributed by atoms with Gasteiger partial charge in [0.25, 0.3) is 5.91 Å². The summed E-state index contributed by atoms with van der Waals surface area (Å²) >= 11 is 6.43. The molecule has 4 rings (SSSR count). The Morgan fingerprint density at radius 1 is 1.19 bits per heavy atom. The number of amides is 3. The van der Waals surface area contributed by atoms with E-state index in [4.69, 9.17) is 21.3 Å². The van der Waals surface area contributed by atoms with E-state index in [1.165, 1.54) is 16.9 Å². The summed E-state index contributed by atoms with van der Waals surface area (Å²) in [7, 11) is 3.20. The molecular formula is C21H25ClN6O3. The van der Waals surface area contributed by atoms with Crippen molar-refractivity contribution < 1.29 is 14.3 Å². The van der Waals surface area contributed by atoms with Crippen LogP contribution < -0.4 is 0 Å². The summed E-state index contributed by atoms with van der Waals surface area (Å²) < 4.78 is 6.81. The van der Waals surface area contributed by atoms with Crippen LogP contribution in [0.2, 0.25) is 5.02 Å². The number of aryl methyl sites for hydroxylation is 2. The molecule has 0 N–H and O–H groups in total. The predicted octanol–water partition coefficient (Wildman–Crippen LogP) is 2.11. The Morgan fingerprint density at radius 2 is 1.94 bits per heavy atom. The highest BCUT2D eigenvalue weighted by Crippen LogP contribution is 2.31. The second-order valence-corrected chi connectivity index (χ2v) is 8.13. The normalized spacial score (nSPS) is 21.1. The second kappa shape index (κ2) is 8.32. The van der Waals surface area contributed by atoms with Crippen molar-refractivity contribution in [3.05, 3.63) is 52.3 Å². The van der Waals surface area contributed by atoms with Crippen molar-refractivity contribution in [1.29, 1.82) is 0 Å². The molecule has 2 aromatic rings. The van der Waals surface area contributed by atoms with Gasteiger partial charge in [-0.1, -0.05) is 29.8 Å². The van der Waals surface area contributed by atoms with Crippen LogP contribution in [0.25, 0.3) is 0 Å². The molecule has 2 aliphatic heterocycles. The molecule has 1 aromatic carbocycles. The number of ether oxygens (including phenoxy) is 1. The number of halogens is 1. The molecule has 1 aromatic heterocycles. The summed E-state index contributed by atoms with van der Waals surface area (Å²) in [5.74, 6) is 0.208. The fourth-order valence-electron chi connectivity index (χ4n) is 4.04. The number of nitrogens with zero attached hydrogens (tertiary/aromatic N) is 6. The van der Waals surface area contributed by atoms with E-state index in [9.17, 15) is 9.59 Å². The van der Waals surface area contributed by atoms with Crippen molar-refractivity contribution in [2.75, 3.05) is 27.3 Å². The monoisotopic (exact) mass is 444 g/mol. The third kappa shape index (κ3) is 3.68. The number of carbonyl (C=O) groups is 2. The van der Waals surface area contributed by atoms with Crippen LogP contribution in [0, 0.1) is 13.8 Å². The van der Waals surface area contributed by atoms with Gasteiger partial charge < -0.3 is 14.5 Å². The minimum absolute atomic E-state index is 0.177. The van der Waals surface area contributed by atoms with E-state index in [-0.39, 0.29) is 25.1 Å². The minimum atomic E-state index is -0.685. The molecule has 2 unspecified atom stereocenters. The summed E-state index contributed by atoms with van der Waals surface area (Å²) in [6.45, 7) is 4.62. The van der Waals surface area contributed by atoms with Crippen molar-refractivity contribution in [2.45, 2.75) is 32.6 Å². The molecule has 164 valence electrons. The number of aromatic nitrogens is 2. The molecule has 10 heteroatoms. The van der Waals surface area contributed by atoms with E-state index >= 15 is 0 Å². The van der Waals surface area contributed by atoms with Gasteiger partial charge in [-0.2, -0.15) is 5.10 Å². The van der Waals surface area contributed by atoms with Crippen LogP contribution in [0.1, 0.15) is 17.0 Å². The van der Waals surface area contributed by atoms with Gasteiger partial charge in [0.15, 0.2) is 12.2 Å². The number of methoxy groups -OCH3 is 1. The van der Waals surface area contributed by atoms with Crippen LogP contribution in [0.3, 0.4) is 0 Å². The number of rotatable bonds is 5. The van der Waals surface area contributed by atoms with Gasteiger partial charge in [-0.15, -0.1) is 0 Å². The number of carbonyl (C=O) groups excluding carboxylic acids is 2. The molecule has 31 heavy (non-hydrogen) atoms. The summed E-state index contributed by atoms with van der Waals surface area (Å²) in [5.41, 5.74) is 2.58. The summed E-state index contributed by atoms with van der Waals surface area (Å²) in [4.78, 5) is 35.7. The molecule has 0 radical (unpaired) electrons. The average Bonchev–Trinajstić information content (AvgIpc) is 3.27. The molecule has 0 spiro atoms. The third-order valence-electron chi connectivity index (χ3n) is 5.59. The topological polar surface area (TPSA) is 83.3 Å². The predicted molar refractivity (Wildman–Crippen MR) is 116 cm³/mol. The van der Waals surface area contributed by atoms with Gasteiger partial charge in [-0.3, -0.25) is 9.69 Å². The lowest BCUT2D eigenvalue weighted by molar-refractivity contribution is -0.138. The van der Waals surface area contributed by atoms with E-state index in [0.29, 0.717) is 17.5 Å². The largest absolute Gasteiger partial charge is 0.383 e. The molecule has 9 nitrogen and oxygen atoms in total. The summed E-state index contributed by atoms with van der Waals surface area (Å²) in [6.07, 6.45) is -0.653. The number of imide groups is 1. The van der Waals surface area contributed by atoms with Crippen LogP contribution in [-0.2, 0) is 16.1 Å². The SMILES string of the molecule is COCCN1C(=O)C2C(N=C(n3nc(C)cc3C)N2Cc2ccccc2Cl)N(C)C1=O. The molecule has 1 fully saturated rings. The smallest absolute Gasteiger partial charge is 0.328 e. The van der Waals surface area contributed by atoms with E-state index in [2.05, 4.69) is 5.10 Å². The Labute approximate surface area is 185 Å². The number of hydrogen-bond acceptors (Lipinski definition) is 6. The third-order valence-corrected chi connectivity index (χ3v) is 5.96. The average molecular weight is 445 g/mol. The van der Waals surface area contributed by atoms with Crippen molar-refractivity contribution in [3.63, 3.8) is 0 Å². The molecule has 0 bridgehead atoms. The Kier molecular flexibility index (Phi) is 5.72. The maximum absolute atomic E-state index is 13.5. The first-order valence-electron chi connectivity index (χ1n) is 10.0. The first kappa shape index (κ1) is 21.3. The molecule has 1 saturated heterocycles. The quantitative estimate of drug-likeness (QED) is 0.705. The Balaban J connectivity index is 1.78. The van der Waals surface area contributed by atoms with Crippen LogP contribution >= 0.6 is 11.6 Å². The molecular weight excluding hydrogens is 420 g/mol. The van der Waals surface area contributed by atoms with Crippen molar-refractivity contribution in [1.82, 2.24) is 24.5 Å². The highest BCUT2D eigenvalue weighted by molar-refractivity contribution is 6.31. The number of aliphatic imine (C=N–C) groups is 1. The first-order valence-corrected chi connectivity index (χ1v) is 10.4. The van der Waals surface area contributed by atoms with Crippen LogP contribution in [0.4, 0.5) is 4.79 Å². The number of likely N-dealkylation sites (N-methyl/N-ethyl adjacent to an activating group) is 1. The maximum Gasteiger partial charge on any atom is 0.328 e. The van der Waals surface area contributed by atoms with Gasteiger partial charge in [-0.25, -0.2) is 14.5 Å². The minimum Gasteiger partial charge on any atom is -0.383 e. The number of urea groups is 1. The lowest BCUT2D eigenvalue weighted by Gasteiger charge is -2.41. The van der Waals surface area contributed by atoms with E-state index in [1.54, 1.807) is 11.7 Å². The molecule has 0 saturated carbocycles. The first-order chi connectivity index (χ1) is 14.8. The van der Waals surface area contributed by atoms with E-state index < -0.39 is 12.2 Å². The van der Waals surface area contributed by atoms with Crippen molar-refractivity contribution >= 4 is 29.5 Å². The molecule has 2 aliphatic rings. The molecule has 3 heterocycles. The highest BCUT2D eigenvalue weighted by Gasteiger charge is 2.52. The molecule has 3 amide bonds. The van der Waals surface area contributed by atoms with Gasteiger partial charge in [-0.05, 0) is 31.5 Å². The van der Waals surface area contributed by atoms with E-state index in [0.717, 1.165) is 17.0 Å². The lowest BCUT2D eigenvalue weighted by Crippen LogP contribution is -2.65. The fourth-order valence-corrected chi connectivity index (χ4v) is 4.24. The standard InChI is InChI=1S/C21H25ClN6O3/c1-13-11-14(2)28(24-13)20-23-18-17(27(20)12-15-7-5-6-8-16(15)22)19(29)26(9-10-31-4)21(30)25(18)3/h5-8,11,17-18H,9-10,12H2,1-4H3. The van der Waals surface area contributed by atoms with Crippen molar-refractivity contribution in [3.8, 4) is 0 Å². The van der Waals surface area contributed by atoms with E-state index in [1.807, 2.05) is 49.1 Å². The summed E-state index contributed by atoms with van der Waals surface area (Å²) in [6, 6.07) is 8.36. The van der Waals surface area contributed by atoms with Crippen molar-refractivity contribution in [2.24, 2.45) is 4.99 Å². The van der Waals surface area contributed by atoms with Gasteiger partial charge in [0, 0.05) is 31.4 Å². The second-order valence-electron chi connectivity index (χ2n) is 7.72. The number of benzene rings is 1. The van der Waals surface area contributed by atoms with Gasteiger partial charge >= 0.3 is 6.03 Å². The zero-order valence-electron chi connectivity index (χ0n) is 17.9. The fraction of sp³-hybridized carbons (Fsp3) is 0.429. The zero-order chi connectivity index (χ0) is 22.3. The molecule has 2 atom stereocenters. The molecule has 0 aliphatic carbocycles. The van der Waals surface area contributed by atoms with Crippen LogP contribution in [-0.4, -0.2) is 81.9 Å². The Morgan fingerprint density at radius 3 is 2.58 bits per heavy atom. The van der Waals surface area contributed by atoms with Gasteiger partial charge in [0.1, 0.15) is 0 Å². The number of fused-ring (bicyclic) bond motifs is 1. The zero-order valence-corrected chi connectivity index (χ0v) is 18.7. The summed E-state index contributed by atoms with van der Waals surface area (Å²) in [5, 5.41) is 5.16. The van der Waals surface area contributed by atoms with Gasteiger partial charge in [0.2, 0.25) is 5.96 Å².